The van der Waals surface area contributed by atoms with Crippen LogP contribution in [0.1, 0.15) is 5.56 Å². The van der Waals surface area contributed by atoms with Crippen molar-refractivity contribution in [1.82, 2.24) is 14.6 Å². The van der Waals surface area contributed by atoms with Crippen molar-refractivity contribution in [2.45, 2.75) is 11.4 Å². The van der Waals surface area contributed by atoms with Crippen LogP contribution in [0.5, 0.6) is 0 Å². The molecule has 0 aliphatic carbocycles. The Kier molecular flexibility index (Phi) is 6.15. The Morgan fingerprint density at radius 2 is 1.77 bits per heavy atom. The van der Waals surface area contributed by atoms with Crippen molar-refractivity contribution in [3.8, 4) is 0 Å². The lowest BCUT2D eigenvalue weighted by Gasteiger charge is -2.26. The first-order valence-corrected chi connectivity index (χ1v) is 10.0. The van der Waals surface area contributed by atoms with Crippen LogP contribution in [0.15, 0.2) is 53.7 Å². The van der Waals surface area contributed by atoms with Gasteiger partial charge >= 0.3 is 0 Å². The summed E-state index contributed by atoms with van der Waals surface area (Å²) in [7, 11) is -3.46. The second kappa shape index (κ2) is 8.54. The van der Waals surface area contributed by atoms with Crippen molar-refractivity contribution in [2.75, 3.05) is 31.6 Å². The third kappa shape index (κ3) is 4.76. The highest BCUT2D eigenvalue weighted by molar-refractivity contribution is 7.89. The van der Waals surface area contributed by atoms with Crippen LogP contribution in [0.4, 0.5) is 5.69 Å². The average Bonchev–Trinajstić information content (AvgIpc) is 2.68. The van der Waals surface area contributed by atoms with E-state index in [1.807, 2.05) is 12.1 Å². The second-order valence-corrected chi connectivity index (χ2v) is 8.05. The van der Waals surface area contributed by atoms with Gasteiger partial charge in [0.15, 0.2) is 5.11 Å². The number of thiocarbonyl (C=S) groups is 1. The molecule has 0 saturated carbocycles. The van der Waals surface area contributed by atoms with E-state index in [-0.39, 0.29) is 0 Å². The van der Waals surface area contributed by atoms with E-state index in [4.69, 9.17) is 17.0 Å². The van der Waals surface area contributed by atoms with Gasteiger partial charge in [-0.15, -0.1) is 0 Å². The van der Waals surface area contributed by atoms with Crippen molar-refractivity contribution < 1.29 is 13.2 Å². The lowest BCUT2D eigenvalue weighted by Crippen LogP contribution is -2.40. The molecule has 0 radical (unpaired) electrons. The molecule has 7 nitrogen and oxygen atoms in total. The molecule has 0 bridgehead atoms. The summed E-state index contributed by atoms with van der Waals surface area (Å²) in [6, 6.07) is 10.5. The maximum Gasteiger partial charge on any atom is 0.243 e. The number of sulfonamides is 1. The van der Waals surface area contributed by atoms with E-state index in [1.54, 1.807) is 36.7 Å². The number of rotatable bonds is 5. The molecule has 2 heterocycles. The topological polar surface area (TPSA) is 83.6 Å². The maximum absolute atomic E-state index is 12.6. The Labute approximate surface area is 158 Å². The van der Waals surface area contributed by atoms with Crippen LogP contribution in [-0.2, 0) is 21.3 Å². The monoisotopic (exact) mass is 392 g/mol. The van der Waals surface area contributed by atoms with Gasteiger partial charge < -0.3 is 15.4 Å². The summed E-state index contributed by atoms with van der Waals surface area (Å²) in [6.45, 7) is 2.14. The van der Waals surface area contributed by atoms with Crippen molar-refractivity contribution in [3.63, 3.8) is 0 Å². The van der Waals surface area contributed by atoms with Gasteiger partial charge in [0.05, 0.1) is 18.1 Å². The van der Waals surface area contributed by atoms with Crippen LogP contribution in [-0.4, -0.2) is 49.1 Å². The SMILES string of the molecule is O=S(=O)(c1ccc(CNC(=S)Nc2ccncc2)cc1)N1CCOCC1. The molecule has 26 heavy (non-hydrogen) atoms. The minimum atomic E-state index is -3.46. The molecule has 0 amide bonds. The normalized spacial score (nSPS) is 15.4. The standard InChI is InChI=1S/C17H20N4O3S2/c22-26(23,21-9-11-24-12-10-21)16-3-1-14(2-4-16)13-19-17(25)20-15-5-7-18-8-6-15/h1-8H,9-13H2,(H2,18,19,20,25). The predicted octanol–water partition coefficient (Wildman–Crippen LogP) is 1.59. The fourth-order valence-electron chi connectivity index (χ4n) is 2.51. The van der Waals surface area contributed by atoms with Gasteiger partial charge in [-0.3, -0.25) is 4.98 Å². The van der Waals surface area contributed by atoms with E-state index in [1.165, 1.54) is 4.31 Å². The van der Waals surface area contributed by atoms with Crippen molar-refractivity contribution in [2.24, 2.45) is 0 Å². The summed E-state index contributed by atoms with van der Waals surface area (Å²) in [4.78, 5) is 4.24. The van der Waals surface area contributed by atoms with E-state index in [0.29, 0.717) is 42.9 Å². The van der Waals surface area contributed by atoms with Gasteiger partial charge in [-0.25, -0.2) is 8.42 Å². The zero-order chi connectivity index (χ0) is 18.4. The Morgan fingerprint density at radius 1 is 1.12 bits per heavy atom. The van der Waals surface area contributed by atoms with E-state index in [9.17, 15) is 8.42 Å². The minimum Gasteiger partial charge on any atom is -0.379 e. The third-order valence-corrected chi connectivity index (χ3v) is 6.08. The number of benzene rings is 1. The fraction of sp³-hybridized carbons (Fsp3) is 0.294. The number of anilines is 1. The molecule has 1 aromatic carbocycles. The molecule has 1 saturated heterocycles. The van der Waals surface area contributed by atoms with Gasteiger partial charge in [0, 0.05) is 37.7 Å². The summed E-state index contributed by atoms with van der Waals surface area (Å²) in [5.41, 5.74) is 1.79. The largest absolute Gasteiger partial charge is 0.379 e. The van der Waals surface area contributed by atoms with Crippen LogP contribution < -0.4 is 10.6 Å². The molecule has 0 atom stereocenters. The molecular weight excluding hydrogens is 372 g/mol. The van der Waals surface area contributed by atoms with Gasteiger partial charge in [-0.05, 0) is 42.0 Å². The molecule has 1 aliphatic heterocycles. The van der Waals surface area contributed by atoms with Crippen LogP contribution in [0.2, 0.25) is 0 Å². The zero-order valence-electron chi connectivity index (χ0n) is 14.1. The summed E-state index contributed by atoms with van der Waals surface area (Å²) in [5, 5.41) is 6.64. The smallest absolute Gasteiger partial charge is 0.243 e. The van der Waals surface area contributed by atoms with Gasteiger partial charge in [0.25, 0.3) is 0 Å². The van der Waals surface area contributed by atoms with E-state index in [0.717, 1.165) is 11.3 Å². The van der Waals surface area contributed by atoms with Crippen LogP contribution in [0, 0.1) is 0 Å². The number of pyridine rings is 1. The molecule has 0 unspecified atom stereocenters. The zero-order valence-corrected chi connectivity index (χ0v) is 15.7. The molecule has 1 fully saturated rings. The first-order chi connectivity index (χ1) is 12.6. The number of nitrogens with zero attached hydrogens (tertiary/aromatic N) is 2. The third-order valence-electron chi connectivity index (χ3n) is 3.92. The lowest BCUT2D eigenvalue weighted by molar-refractivity contribution is 0.0730. The van der Waals surface area contributed by atoms with Gasteiger partial charge in [0.2, 0.25) is 10.0 Å². The first-order valence-electron chi connectivity index (χ1n) is 8.17. The second-order valence-electron chi connectivity index (χ2n) is 5.70. The molecule has 2 aromatic rings. The Balaban J connectivity index is 1.56. The number of aromatic nitrogens is 1. The number of nitrogens with one attached hydrogen (secondary N) is 2. The summed E-state index contributed by atoms with van der Waals surface area (Å²) >= 11 is 5.25. The Hall–Kier alpha value is -2.07. The Bertz CT molecular complexity index is 836. The van der Waals surface area contributed by atoms with Crippen LogP contribution in [0.25, 0.3) is 0 Å². The van der Waals surface area contributed by atoms with E-state index < -0.39 is 10.0 Å². The van der Waals surface area contributed by atoms with Crippen molar-refractivity contribution in [3.05, 3.63) is 54.4 Å². The maximum atomic E-state index is 12.6. The molecule has 1 aromatic heterocycles. The molecule has 1 aliphatic rings. The fourth-order valence-corrected chi connectivity index (χ4v) is 4.11. The summed E-state index contributed by atoms with van der Waals surface area (Å²) in [5.74, 6) is 0. The summed E-state index contributed by atoms with van der Waals surface area (Å²) in [6.07, 6.45) is 3.36. The Morgan fingerprint density at radius 3 is 2.42 bits per heavy atom. The van der Waals surface area contributed by atoms with Gasteiger partial charge in [-0.1, -0.05) is 12.1 Å². The summed E-state index contributed by atoms with van der Waals surface area (Å²) < 4.78 is 31.8. The lowest BCUT2D eigenvalue weighted by atomic mass is 10.2. The molecule has 2 N–H and O–H groups in total. The van der Waals surface area contributed by atoms with Crippen LogP contribution >= 0.6 is 12.2 Å². The van der Waals surface area contributed by atoms with Crippen molar-refractivity contribution in [1.29, 1.82) is 0 Å². The molecule has 0 spiro atoms. The van der Waals surface area contributed by atoms with Crippen LogP contribution in [0.3, 0.4) is 0 Å². The van der Waals surface area contributed by atoms with Crippen molar-refractivity contribution >= 4 is 33.0 Å². The van der Waals surface area contributed by atoms with Gasteiger partial charge in [0.1, 0.15) is 0 Å². The molecule has 9 heteroatoms. The number of hydrogen-bond donors (Lipinski definition) is 2. The minimum absolute atomic E-state index is 0.292. The molecule has 138 valence electrons. The highest BCUT2D eigenvalue weighted by Crippen LogP contribution is 2.17. The highest BCUT2D eigenvalue weighted by atomic mass is 32.2. The number of hydrogen-bond acceptors (Lipinski definition) is 5. The number of ether oxygens (including phenoxy) is 1. The number of morpholine rings is 1. The molecular formula is C17H20N4O3S2. The van der Waals surface area contributed by atoms with E-state index in [2.05, 4.69) is 15.6 Å². The highest BCUT2D eigenvalue weighted by Gasteiger charge is 2.25. The first kappa shape index (κ1) is 18.7. The van der Waals surface area contributed by atoms with Gasteiger partial charge in [-0.2, -0.15) is 4.31 Å². The average molecular weight is 393 g/mol. The molecule has 3 rings (SSSR count). The predicted molar refractivity (Wildman–Crippen MR) is 103 cm³/mol. The quantitative estimate of drug-likeness (QED) is 0.748. The van der Waals surface area contributed by atoms with E-state index >= 15 is 0 Å².